The molecule has 0 unspecified atom stereocenters. The molecular weight excluding hydrogens is 172 g/mol. The monoisotopic (exact) mass is 192 g/mol. The molecule has 0 radical (unpaired) electrons. The van der Waals surface area contributed by atoms with Gasteiger partial charge in [-0.25, -0.2) is 0 Å². The van der Waals surface area contributed by atoms with E-state index in [0.717, 1.165) is 5.76 Å². The van der Waals surface area contributed by atoms with Gasteiger partial charge in [-0.2, -0.15) is 0 Å². The molecule has 0 bridgehead atoms. The van der Waals surface area contributed by atoms with Gasteiger partial charge in [-0.05, 0) is 24.5 Å². The highest BCUT2D eigenvalue weighted by Crippen LogP contribution is 2.14. The van der Waals surface area contributed by atoms with Crippen LogP contribution in [0, 0.1) is 5.41 Å². The number of hydrogen-bond acceptors (Lipinski definition) is 1. The first-order chi connectivity index (χ1) is 6.49. The lowest BCUT2D eigenvalue weighted by Gasteiger charge is -2.10. The van der Waals surface area contributed by atoms with Crippen molar-refractivity contribution in [3.05, 3.63) is 49.0 Å². The summed E-state index contributed by atoms with van der Waals surface area (Å²) in [5.74, 6) is 0.794. The average molecular weight is 192 g/mol. The summed E-state index contributed by atoms with van der Waals surface area (Å²) in [6, 6.07) is 0. The first kappa shape index (κ1) is 12.8. The lowest BCUT2D eigenvalue weighted by molar-refractivity contribution is 0.370. The molecule has 0 aromatic rings. The van der Waals surface area contributed by atoms with Gasteiger partial charge in [0.2, 0.25) is 0 Å². The van der Waals surface area contributed by atoms with Crippen LogP contribution in [0.15, 0.2) is 49.0 Å². The molecule has 0 aromatic carbocycles. The van der Waals surface area contributed by atoms with Gasteiger partial charge >= 0.3 is 0 Å². The second-order valence-corrected chi connectivity index (χ2v) is 4.08. The maximum absolute atomic E-state index is 5.18. The van der Waals surface area contributed by atoms with E-state index in [2.05, 4.69) is 33.4 Å². The van der Waals surface area contributed by atoms with Crippen molar-refractivity contribution < 1.29 is 4.74 Å². The van der Waals surface area contributed by atoms with Crippen molar-refractivity contribution >= 4 is 0 Å². The fourth-order valence-electron chi connectivity index (χ4n) is 0.826. The molecule has 0 amide bonds. The zero-order valence-corrected chi connectivity index (χ0v) is 9.58. The molecule has 0 rings (SSSR count). The zero-order chi connectivity index (χ0) is 11.0. The van der Waals surface area contributed by atoms with Crippen LogP contribution in [0.4, 0.5) is 0 Å². The smallest absolute Gasteiger partial charge is 0.126 e. The largest absolute Gasteiger partial charge is 0.466 e. The minimum atomic E-state index is 0.200. The average Bonchev–Trinajstić information content (AvgIpc) is 2.02. The minimum absolute atomic E-state index is 0.200. The summed E-state index contributed by atoms with van der Waals surface area (Å²) in [7, 11) is 0. The van der Waals surface area contributed by atoms with Crippen molar-refractivity contribution in [2.24, 2.45) is 5.41 Å². The van der Waals surface area contributed by atoms with Crippen LogP contribution in [0.1, 0.15) is 27.7 Å². The van der Waals surface area contributed by atoms with Gasteiger partial charge in [-0.1, -0.05) is 45.6 Å². The molecule has 0 saturated heterocycles. The Balaban J connectivity index is 4.43. The maximum atomic E-state index is 5.18. The van der Waals surface area contributed by atoms with Crippen LogP contribution < -0.4 is 0 Å². The Bertz CT molecular complexity index is 249. The molecule has 0 aliphatic rings. The van der Waals surface area contributed by atoms with Crippen LogP contribution in [-0.2, 0) is 4.74 Å². The second kappa shape index (κ2) is 6.25. The van der Waals surface area contributed by atoms with Crippen LogP contribution in [0.3, 0.4) is 0 Å². The highest BCUT2D eigenvalue weighted by atomic mass is 16.5. The third-order valence-electron chi connectivity index (χ3n) is 1.41. The molecule has 0 N–H and O–H groups in total. The van der Waals surface area contributed by atoms with Crippen LogP contribution in [0.2, 0.25) is 0 Å². The van der Waals surface area contributed by atoms with Gasteiger partial charge in [0, 0.05) is 0 Å². The molecule has 0 aliphatic carbocycles. The lowest BCUT2D eigenvalue weighted by atomic mass is 9.96. The van der Waals surface area contributed by atoms with Gasteiger partial charge in [-0.15, -0.1) is 0 Å². The molecule has 0 fully saturated rings. The predicted octanol–water partition coefficient (Wildman–Crippen LogP) is 4.21. The SMILES string of the molecule is C=COC(/C=C\C)=C/C=C/C(C)(C)C. The molecule has 0 aromatic heterocycles. The summed E-state index contributed by atoms with van der Waals surface area (Å²) in [5.41, 5.74) is 0.200. The number of allylic oxidation sites excluding steroid dienone is 5. The Morgan fingerprint density at radius 3 is 2.36 bits per heavy atom. The van der Waals surface area contributed by atoms with Crippen LogP contribution >= 0.6 is 0 Å². The summed E-state index contributed by atoms with van der Waals surface area (Å²) in [5, 5.41) is 0. The summed E-state index contributed by atoms with van der Waals surface area (Å²) in [6.07, 6.45) is 11.3. The van der Waals surface area contributed by atoms with Gasteiger partial charge in [0.25, 0.3) is 0 Å². The quantitative estimate of drug-likeness (QED) is 0.479. The Morgan fingerprint density at radius 1 is 1.29 bits per heavy atom. The third-order valence-corrected chi connectivity index (χ3v) is 1.41. The Hall–Kier alpha value is -1.24. The molecule has 78 valence electrons. The minimum Gasteiger partial charge on any atom is -0.466 e. The predicted molar refractivity (Wildman–Crippen MR) is 62.8 cm³/mol. The van der Waals surface area contributed by atoms with Crippen molar-refractivity contribution in [2.45, 2.75) is 27.7 Å². The summed E-state index contributed by atoms with van der Waals surface area (Å²) in [6.45, 7) is 11.9. The van der Waals surface area contributed by atoms with Crippen molar-refractivity contribution in [3.8, 4) is 0 Å². The molecule has 0 aliphatic heterocycles. The van der Waals surface area contributed by atoms with E-state index in [1.165, 1.54) is 6.26 Å². The molecule has 1 nitrogen and oxygen atoms in total. The summed E-state index contributed by atoms with van der Waals surface area (Å²) in [4.78, 5) is 0. The van der Waals surface area contributed by atoms with Gasteiger partial charge < -0.3 is 4.74 Å². The Morgan fingerprint density at radius 2 is 1.93 bits per heavy atom. The first-order valence-corrected chi connectivity index (χ1v) is 4.79. The van der Waals surface area contributed by atoms with Crippen LogP contribution in [-0.4, -0.2) is 0 Å². The van der Waals surface area contributed by atoms with Gasteiger partial charge in [0.15, 0.2) is 0 Å². The summed E-state index contributed by atoms with van der Waals surface area (Å²) >= 11 is 0. The number of hydrogen-bond donors (Lipinski definition) is 0. The van der Waals surface area contributed by atoms with Gasteiger partial charge in [0.1, 0.15) is 5.76 Å². The van der Waals surface area contributed by atoms with E-state index in [4.69, 9.17) is 4.74 Å². The van der Waals surface area contributed by atoms with Gasteiger partial charge in [-0.3, -0.25) is 0 Å². The van der Waals surface area contributed by atoms with E-state index in [0.29, 0.717) is 0 Å². The number of rotatable bonds is 4. The standard InChI is InChI=1S/C13H20O/c1-6-9-12(14-7-2)10-8-11-13(3,4)5/h6-11H,2H2,1,3-5H3/b9-6-,11-8+,12-10+. The highest BCUT2D eigenvalue weighted by molar-refractivity contribution is 5.19. The third kappa shape index (κ3) is 7.41. The highest BCUT2D eigenvalue weighted by Gasteiger charge is 2.02. The van der Waals surface area contributed by atoms with Crippen molar-refractivity contribution in [3.63, 3.8) is 0 Å². The molecule has 1 heteroatoms. The van der Waals surface area contributed by atoms with Crippen molar-refractivity contribution in [1.82, 2.24) is 0 Å². The molecule has 0 saturated carbocycles. The van der Waals surface area contributed by atoms with Gasteiger partial charge in [0.05, 0.1) is 6.26 Å². The molecular formula is C13H20O. The number of ether oxygens (including phenoxy) is 1. The Kier molecular flexibility index (Phi) is 5.70. The molecule has 0 heterocycles. The normalized spacial score (nSPS) is 13.9. The second-order valence-electron chi connectivity index (χ2n) is 4.08. The van der Waals surface area contributed by atoms with E-state index in [1.54, 1.807) is 0 Å². The Labute approximate surface area is 87.5 Å². The van der Waals surface area contributed by atoms with E-state index in [9.17, 15) is 0 Å². The summed E-state index contributed by atoms with van der Waals surface area (Å²) < 4.78 is 5.18. The van der Waals surface area contributed by atoms with Crippen LogP contribution in [0.5, 0.6) is 0 Å². The lowest BCUT2D eigenvalue weighted by Crippen LogP contribution is -1.97. The maximum Gasteiger partial charge on any atom is 0.126 e. The first-order valence-electron chi connectivity index (χ1n) is 4.79. The van der Waals surface area contributed by atoms with E-state index in [-0.39, 0.29) is 5.41 Å². The van der Waals surface area contributed by atoms with E-state index >= 15 is 0 Å². The van der Waals surface area contributed by atoms with E-state index in [1.807, 2.05) is 31.2 Å². The van der Waals surface area contributed by atoms with Crippen molar-refractivity contribution in [1.29, 1.82) is 0 Å². The zero-order valence-electron chi connectivity index (χ0n) is 9.58. The van der Waals surface area contributed by atoms with Crippen molar-refractivity contribution in [2.75, 3.05) is 0 Å². The fraction of sp³-hybridized carbons (Fsp3) is 0.385. The molecule has 0 atom stereocenters. The molecule has 14 heavy (non-hydrogen) atoms. The van der Waals surface area contributed by atoms with E-state index < -0.39 is 0 Å². The topological polar surface area (TPSA) is 9.23 Å². The van der Waals surface area contributed by atoms with Crippen LogP contribution in [0.25, 0.3) is 0 Å². The fourth-order valence-corrected chi connectivity index (χ4v) is 0.826. The molecule has 0 spiro atoms.